The van der Waals surface area contributed by atoms with Crippen molar-refractivity contribution < 1.29 is 9.53 Å². The minimum Gasteiger partial charge on any atom is -0.496 e. The largest absolute Gasteiger partial charge is 0.496 e. The monoisotopic (exact) mass is 369 g/mol. The highest BCUT2D eigenvalue weighted by molar-refractivity contribution is 7.15. The van der Waals surface area contributed by atoms with E-state index in [1.54, 1.807) is 13.3 Å². The van der Waals surface area contributed by atoms with Crippen molar-refractivity contribution in [2.75, 3.05) is 12.8 Å². The van der Waals surface area contributed by atoms with Crippen LogP contribution in [0.2, 0.25) is 0 Å². The van der Waals surface area contributed by atoms with Crippen LogP contribution in [-0.2, 0) is 17.9 Å². The molecule has 1 aromatic carbocycles. The summed E-state index contributed by atoms with van der Waals surface area (Å²) in [4.78, 5) is 17.6. The number of hydrogen-bond donors (Lipinski definition) is 2. The molecule has 0 radical (unpaired) electrons. The molecule has 7 nitrogen and oxygen atoms in total. The lowest BCUT2D eigenvalue weighted by molar-refractivity contribution is -0.121. The van der Waals surface area contributed by atoms with Crippen molar-refractivity contribution in [3.05, 3.63) is 58.4 Å². The first kappa shape index (κ1) is 16.6. The number of nitrogens with two attached hydrogens (primary N) is 1. The Kier molecular flexibility index (Phi) is 4.34. The highest BCUT2D eigenvalue weighted by Gasteiger charge is 2.28. The van der Waals surface area contributed by atoms with Gasteiger partial charge >= 0.3 is 0 Å². The number of carbonyl (C=O) groups excluding carboxylic acids is 1. The Bertz CT molecular complexity index is 935. The zero-order chi connectivity index (χ0) is 18.1. The number of thiazole rings is 1. The van der Waals surface area contributed by atoms with E-state index in [1.807, 2.05) is 29.1 Å². The summed E-state index contributed by atoms with van der Waals surface area (Å²) in [5.74, 6) is 0.749. The van der Waals surface area contributed by atoms with E-state index >= 15 is 0 Å². The number of hydrogen-bond acceptors (Lipinski definition) is 6. The van der Waals surface area contributed by atoms with E-state index in [0.29, 0.717) is 24.6 Å². The minimum atomic E-state index is -0.0652. The molecular weight excluding hydrogens is 350 g/mol. The number of nitrogens with zero attached hydrogens (tertiary/aromatic N) is 3. The van der Waals surface area contributed by atoms with Crippen molar-refractivity contribution in [3.8, 4) is 5.75 Å². The number of methoxy groups -OCH3 is 1. The number of aromatic nitrogens is 3. The lowest BCUT2D eigenvalue weighted by Gasteiger charge is -2.17. The summed E-state index contributed by atoms with van der Waals surface area (Å²) >= 11 is 1.46. The van der Waals surface area contributed by atoms with Gasteiger partial charge in [-0.25, -0.2) is 4.98 Å². The Hall–Kier alpha value is -2.87. The van der Waals surface area contributed by atoms with Crippen LogP contribution in [0.4, 0.5) is 5.13 Å². The molecule has 3 N–H and O–H groups in total. The maximum absolute atomic E-state index is 12.2. The Balaban J connectivity index is 1.75. The van der Waals surface area contributed by atoms with Crippen molar-refractivity contribution in [2.45, 2.75) is 25.4 Å². The van der Waals surface area contributed by atoms with Gasteiger partial charge < -0.3 is 15.8 Å². The molecule has 134 valence electrons. The minimum absolute atomic E-state index is 0.0169. The van der Waals surface area contributed by atoms with E-state index in [2.05, 4.69) is 21.5 Å². The molecule has 0 fully saturated rings. The zero-order valence-corrected chi connectivity index (χ0v) is 15.1. The molecule has 2 aromatic heterocycles. The lowest BCUT2D eigenvalue weighted by Crippen LogP contribution is -2.21. The molecular formula is C18H19N5O2S. The fourth-order valence-electron chi connectivity index (χ4n) is 3.29. The van der Waals surface area contributed by atoms with Crippen molar-refractivity contribution in [2.24, 2.45) is 0 Å². The van der Waals surface area contributed by atoms with Gasteiger partial charge in [0.05, 0.1) is 25.9 Å². The maximum atomic E-state index is 12.2. The molecule has 3 aromatic rings. The molecule has 26 heavy (non-hydrogen) atoms. The number of benzene rings is 1. The third-order valence-electron chi connectivity index (χ3n) is 4.50. The summed E-state index contributed by atoms with van der Waals surface area (Å²) in [6.45, 7) is 1.02. The first-order valence-electron chi connectivity index (χ1n) is 8.30. The number of anilines is 1. The fraction of sp³-hybridized carbons (Fsp3) is 0.278. The molecule has 1 amide bonds. The highest BCUT2D eigenvalue weighted by atomic mass is 32.1. The van der Waals surface area contributed by atoms with Crippen LogP contribution in [0.1, 0.15) is 34.0 Å². The average Bonchev–Trinajstić information content (AvgIpc) is 3.24. The van der Waals surface area contributed by atoms with Crippen LogP contribution in [0.3, 0.4) is 0 Å². The molecule has 0 saturated heterocycles. The van der Waals surface area contributed by atoms with Crippen LogP contribution in [-0.4, -0.2) is 27.8 Å². The normalized spacial score (nSPS) is 16.7. The van der Waals surface area contributed by atoms with E-state index in [1.165, 1.54) is 11.3 Å². The van der Waals surface area contributed by atoms with Gasteiger partial charge in [0.15, 0.2) is 5.13 Å². The van der Waals surface area contributed by atoms with E-state index < -0.39 is 0 Å². The van der Waals surface area contributed by atoms with Crippen molar-refractivity contribution >= 4 is 22.4 Å². The third-order valence-corrected chi connectivity index (χ3v) is 5.54. The van der Waals surface area contributed by atoms with Gasteiger partial charge in [-0.3, -0.25) is 9.48 Å². The molecule has 1 atom stereocenters. The van der Waals surface area contributed by atoms with Gasteiger partial charge in [0.2, 0.25) is 5.91 Å². The number of fused-ring (bicyclic) bond motifs is 1. The van der Waals surface area contributed by atoms with Crippen LogP contribution in [0.15, 0.2) is 36.7 Å². The fourth-order valence-corrected chi connectivity index (χ4v) is 4.27. The SMILES string of the molecule is COc1ccc(C2CC(=O)NCc3nc(N)sc32)cc1Cn1cccn1. The van der Waals surface area contributed by atoms with E-state index in [4.69, 9.17) is 10.5 Å². The quantitative estimate of drug-likeness (QED) is 0.735. The summed E-state index contributed by atoms with van der Waals surface area (Å²) in [7, 11) is 1.66. The number of nitrogens with one attached hydrogen (secondary N) is 1. The van der Waals surface area contributed by atoms with Crippen LogP contribution in [0.25, 0.3) is 0 Å². The van der Waals surface area contributed by atoms with Gasteiger partial charge in [-0.2, -0.15) is 5.10 Å². The number of nitrogen functional groups attached to an aromatic ring is 1. The summed E-state index contributed by atoms with van der Waals surface area (Å²) in [5, 5.41) is 7.70. The average molecular weight is 369 g/mol. The van der Waals surface area contributed by atoms with E-state index in [-0.39, 0.29) is 11.8 Å². The molecule has 1 aliphatic rings. The Labute approximate surface area is 154 Å². The summed E-state index contributed by atoms with van der Waals surface area (Å²) < 4.78 is 7.35. The van der Waals surface area contributed by atoms with Crippen LogP contribution < -0.4 is 15.8 Å². The van der Waals surface area contributed by atoms with E-state index in [9.17, 15) is 4.79 Å². The van der Waals surface area contributed by atoms with Crippen LogP contribution in [0, 0.1) is 0 Å². The Morgan fingerprint density at radius 2 is 2.35 bits per heavy atom. The predicted octanol–water partition coefficient (Wildman–Crippen LogP) is 2.13. The predicted molar refractivity (Wildman–Crippen MR) is 99.2 cm³/mol. The molecule has 0 saturated carbocycles. The smallest absolute Gasteiger partial charge is 0.221 e. The number of rotatable bonds is 4. The first-order chi connectivity index (χ1) is 12.6. The first-order valence-corrected chi connectivity index (χ1v) is 9.11. The second-order valence-corrected chi connectivity index (χ2v) is 7.23. The van der Waals surface area contributed by atoms with Crippen molar-refractivity contribution in [3.63, 3.8) is 0 Å². The van der Waals surface area contributed by atoms with Gasteiger partial charge in [-0.15, -0.1) is 11.3 Å². The lowest BCUT2D eigenvalue weighted by atomic mass is 9.92. The van der Waals surface area contributed by atoms with Gasteiger partial charge in [-0.05, 0) is 23.8 Å². The van der Waals surface area contributed by atoms with Crippen molar-refractivity contribution in [1.29, 1.82) is 0 Å². The van der Waals surface area contributed by atoms with Gasteiger partial charge in [0.1, 0.15) is 5.75 Å². The van der Waals surface area contributed by atoms with Crippen LogP contribution in [0.5, 0.6) is 5.75 Å². The topological polar surface area (TPSA) is 95.1 Å². The summed E-state index contributed by atoms with van der Waals surface area (Å²) in [6.07, 6.45) is 4.04. The maximum Gasteiger partial charge on any atom is 0.221 e. The third kappa shape index (κ3) is 3.15. The highest BCUT2D eigenvalue weighted by Crippen LogP contribution is 2.38. The molecule has 4 rings (SSSR count). The van der Waals surface area contributed by atoms with Crippen LogP contribution >= 0.6 is 11.3 Å². The molecule has 1 unspecified atom stereocenters. The van der Waals surface area contributed by atoms with Gasteiger partial charge in [-0.1, -0.05) is 6.07 Å². The molecule has 0 bridgehead atoms. The number of amides is 1. The molecule has 8 heteroatoms. The number of ether oxygens (including phenoxy) is 1. The summed E-state index contributed by atoms with van der Waals surface area (Å²) in [5.41, 5.74) is 8.83. The van der Waals surface area contributed by atoms with E-state index in [0.717, 1.165) is 27.4 Å². The van der Waals surface area contributed by atoms with Crippen molar-refractivity contribution in [1.82, 2.24) is 20.1 Å². The summed E-state index contributed by atoms with van der Waals surface area (Å²) in [6, 6.07) is 7.93. The molecule has 0 aliphatic carbocycles. The second-order valence-electron chi connectivity index (χ2n) is 6.17. The molecule has 0 spiro atoms. The van der Waals surface area contributed by atoms with Gasteiger partial charge in [0, 0.05) is 35.2 Å². The number of carbonyl (C=O) groups is 1. The Morgan fingerprint density at radius 1 is 1.46 bits per heavy atom. The standard InChI is InChI=1S/C18H19N5O2S/c1-25-15-4-3-11(7-12(15)10-23-6-2-5-21-23)13-8-16(24)20-9-14-17(13)26-18(19)22-14/h2-7,13H,8-10H2,1H3,(H2,19,22)(H,20,24). The van der Waals surface area contributed by atoms with Gasteiger partial charge in [0.25, 0.3) is 0 Å². The molecule has 3 heterocycles. The zero-order valence-electron chi connectivity index (χ0n) is 14.3. The molecule has 1 aliphatic heterocycles. The Morgan fingerprint density at radius 3 is 3.12 bits per heavy atom. The second kappa shape index (κ2) is 6.80.